The molecule has 2 nitrogen and oxygen atoms in total. The predicted molar refractivity (Wildman–Crippen MR) is 87.4 cm³/mol. The summed E-state index contributed by atoms with van der Waals surface area (Å²) in [4.78, 5) is 14.7. The Labute approximate surface area is 130 Å². The molecule has 3 heteroatoms. The Morgan fingerprint density at radius 3 is 2.81 bits per heavy atom. The minimum atomic E-state index is 0.120. The number of anilines is 1. The van der Waals surface area contributed by atoms with E-state index in [0.717, 1.165) is 19.4 Å². The van der Waals surface area contributed by atoms with Crippen molar-refractivity contribution in [3.05, 3.63) is 64.7 Å². The molecule has 0 saturated heterocycles. The molecule has 0 aromatic heterocycles. The van der Waals surface area contributed by atoms with Gasteiger partial charge < -0.3 is 4.90 Å². The van der Waals surface area contributed by atoms with Crippen molar-refractivity contribution >= 4 is 23.1 Å². The zero-order valence-electron chi connectivity index (χ0n) is 11.9. The van der Waals surface area contributed by atoms with E-state index in [-0.39, 0.29) is 5.78 Å². The van der Waals surface area contributed by atoms with E-state index in [9.17, 15) is 4.79 Å². The molecular formula is C18H18ClNO. The summed E-state index contributed by atoms with van der Waals surface area (Å²) in [7, 11) is 0. The third-order valence-electron chi connectivity index (χ3n) is 3.94. The molecule has 1 aliphatic heterocycles. The Hall–Kier alpha value is -1.80. The van der Waals surface area contributed by atoms with Gasteiger partial charge in [-0.25, -0.2) is 0 Å². The van der Waals surface area contributed by atoms with Crippen LogP contribution in [0.5, 0.6) is 0 Å². The van der Waals surface area contributed by atoms with Crippen LogP contribution in [0, 0.1) is 0 Å². The maximum absolute atomic E-state index is 12.5. The second-order valence-corrected chi connectivity index (χ2v) is 5.88. The Morgan fingerprint density at radius 2 is 1.95 bits per heavy atom. The van der Waals surface area contributed by atoms with Crippen molar-refractivity contribution in [3.63, 3.8) is 0 Å². The molecule has 108 valence electrons. The quantitative estimate of drug-likeness (QED) is 0.785. The summed E-state index contributed by atoms with van der Waals surface area (Å²) in [5.74, 6) is 0.120. The first-order valence-electron chi connectivity index (χ1n) is 7.35. The van der Waals surface area contributed by atoms with E-state index in [1.54, 1.807) is 12.1 Å². The van der Waals surface area contributed by atoms with Gasteiger partial charge in [-0.2, -0.15) is 0 Å². The van der Waals surface area contributed by atoms with E-state index in [1.165, 1.54) is 17.7 Å². The van der Waals surface area contributed by atoms with Crippen molar-refractivity contribution in [3.8, 4) is 0 Å². The van der Waals surface area contributed by atoms with E-state index >= 15 is 0 Å². The first-order valence-corrected chi connectivity index (χ1v) is 7.73. The largest absolute Gasteiger partial charge is 0.364 e. The SMILES string of the molecule is O=C(CN1CCCCc2ccccc21)c1cccc(Cl)c1. The van der Waals surface area contributed by atoms with E-state index in [2.05, 4.69) is 23.1 Å². The van der Waals surface area contributed by atoms with Crippen LogP contribution in [0.4, 0.5) is 5.69 Å². The maximum atomic E-state index is 12.5. The number of halogens is 1. The van der Waals surface area contributed by atoms with Crippen LogP contribution in [0.2, 0.25) is 5.02 Å². The number of Topliss-reactive ketones (excluding diaryl/α,β-unsaturated/α-hetero) is 1. The molecule has 1 aliphatic rings. The Morgan fingerprint density at radius 1 is 1.10 bits per heavy atom. The molecule has 0 unspecified atom stereocenters. The molecule has 0 spiro atoms. The number of benzene rings is 2. The lowest BCUT2D eigenvalue weighted by Crippen LogP contribution is -2.30. The molecule has 21 heavy (non-hydrogen) atoms. The van der Waals surface area contributed by atoms with E-state index in [4.69, 9.17) is 11.6 Å². The van der Waals surface area contributed by atoms with Gasteiger partial charge in [-0.15, -0.1) is 0 Å². The summed E-state index contributed by atoms with van der Waals surface area (Å²) in [6.45, 7) is 1.35. The lowest BCUT2D eigenvalue weighted by atomic mass is 10.1. The van der Waals surface area contributed by atoms with Gasteiger partial charge >= 0.3 is 0 Å². The van der Waals surface area contributed by atoms with Crippen molar-refractivity contribution in [2.75, 3.05) is 18.0 Å². The van der Waals surface area contributed by atoms with Gasteiger partial charge in [0.25, 0.3) is 0 Å². The number of hydrogen-bond donors (Lipinski definition) is 0. The third-order valence-corrected chi connectivity index (χ3v) is 4.17. The minimum Gasteiger partial charge on any atom is -0.364 e. The monoisotopic (exact) mass is 299 g/mol. The molecule has 0 aliphatic carbocycles. The van der Waals surface area contributed by atoms with Gasteiger partial charge in [-0.05, 0) is 43.0 Å². The summed E-state index contributed by atoms with van der Waals surface area (Å²) < 4.78 is 0. The molecule has 0 bridgehead atoms. The Balaban J connectivity index is 1.83. The number of nitrogens with zero attached hydrogens (tertiary/aromatic N) is 1. The number of carbonyl (C=O) groups excluding carboxylic acids is 1. The molecule has 0 fully saturated rings. The molecule has 0 atom stereocenters. The van der Waals surface area contributed by atoms with Gasteiger partial charge in [-0.1, -0.05) is 41.9 Å². The van der Waals surface area contributed by atoms with E-state index in [1.807, 2.05) is 18.2 Å². The zero-order chi connectivity index (χ0) is 14.7. The van der Waals surface area contributed by atoms with Crippen LogP contribution in [-0.2, 0) is 6.42 Å². The molecule has 0 radical (unpaired) electrons. The molecule has 0 amide bonds. The first kappa shape index (κ1) is 14.2. The number of carbonyl (C=O) groups is 1. The summed E-state index contributed by atoms with van der Waals surface area (Å²) in [6.07, 6.45) is 3.40. The van der Waals surface area contributed by atoms with Crippen LogP contribution in [0.1, 0.15) is 28.8 Å². The Bertz CT molecular complexity index is 653. The summed E-state index contributed by atoms with van der Waals surface area (Å²) in [5.41, 5.74) is 3.23. The van der Waals surface area contributed by atoms with Crippen molar-refractivity contribution < 1.29 is 4.79 Å². The van der Waals surface area contributed by atoms with Gasteiger partial charge in [-0.3, -0.25) is 4.79 Å². The fourth-order valence-corrected chi connectivity index (χ4v) is 3.05. The molecule has 2 aromatic carbocycles. The van der Waals surface area contributed by atoms with Crippen LogP contribution in [-0.4, -0.2) is 18.9 Å². The second-order valence-electron chi connectivity index (χ2n) is 5.44. The zero-order valence-corrected chi connectivity index (χ0v) is 12.6. The number of aryl methyl sites for hydroxylation is 1. The summed E-state index contributed by atoms with van der Waals surface area (Å²) >= 11 is 5.97. The van der Waals surface area contributed by atoms with E-state index in [0.29, 0.717) is 17.1 Å². The number of hydrogen-bond acceptors (Lipinski definition) is 2. The third kappa shape index (κ3) is 3.27. The number of para-hydroxylation sites is 1. The van der Waals surface area contributed by atoms with Crippen molar-refractivity contribution in [2.45, 2.75) is 19.3 Å². The van der Waals surface area contributed by atoms with Gasteiger partial charge in [0.2, 0.25) is 0 Å². The lowest BCUT2D eigenvalue weighted by molar-refractivity contribution is 0.0999. The summed E-state index contributed by atoms with van der Waals surface area (Å²) in [5, 5.41) is 0.608. The highest BCUT2D eigenvalue weighted by Gasteiger charge is 2.18. The van der Waals surface area contributed by atoms with Gasteiger partial charge in [0.05, 0.1) is 6.54 Å². The number of ketones is 1. The van der Waals surface area contributed by atoms with Crippen LogP contribution >= 0.6 is 11.6 Å². The van der Waals surface area contributed by atoms with Crippen molar-refractivity contribution in [1.82, 2.24) is 0 Å². The van der Waals surface area contributed by atoms with Gasteiger partial charge in [0.1, 0.15) is 0 Å². The number of fused-ring (bicyclic) bond motifs is 1. The lowest BCUT2D eigenvalue weighted by Gasteiger charge is -2.24. The highest BCUT2D eigenvalue weighted by Crippen LogP contribution is 2.26. The molecule has 3 rings (SSSR count). The molecule has 0 saturated carbocycles. The van der Waals surface area contributed by atoms with Crippen molar-refractivity contribution in [2.24, 2.45) is 0 Å². The summed E-state index contributed by atoms with van der Waals surface area (Å²) in [6, 6.07) is 15.6. The second kappa shape index (κ2) is 6.31. The van der Waals surface area contributed by atoms with E-state index < -0.39 is 0 Å². The standard InChI is InChI=1S/C18H18ClNO/c19-16-9-5-8-15(12-16)18(21)13-20-11-4-3-7-14-6-1-2-10-17(14)20/h1-2,5-6,8-10,12H,3-4,7,11,13H2. The predicted octanol–water partition coefficient (Wildman–Crippen LogP) is 4.37. The average molecular weight is 300 g/mol. The highest BCUT2D eigenvalue weighted by atomic mass is 35.5. The average Bonchev–Trinajstić information content (AvgIpc) is 2.70. The normalized spacial score (nSPS) is 14.4. The molecule has 1 heterocycles. The van der Waals surface area contributed by atoms with Gasteiger partial charge in [0, 0.05) is 22.8 Å². The molecular weight excluding hydrogens is 282 g/mol. The van der Waals surface area contributed by atoms with Gasteiger partial charge in [0.15, 0.2) is 5.78 Å². The molecule has 0 N–H and O–H groups in total. The minimum absolute atomic E-state index is 0.120. The topological polar surface area (TPSA) is 20.3 Å². The van der Waals surface area contributed by atoms with Crippen molar-refractivity contribution in [1.29, 1.82) is 0 Å². The first-order chi connectivity index (χ1) is 10.2. The smallest absolute Gasteiger partial charge is 0.182 e. The fraction of sp³-hybridized carbons (Fsp3) is 0.278. The highest BCUT2D eigenvalue weighted by molar-refractivity contribution is 6.31. The van der Waals surface area contributed by atoms with Crippen LogP contribution < -0.4 is 4.90 Å². The fourth-order valence-electron chi connectivity index (χ4n) is 2.86. The number of rotatable bonds is 3. The van der Waals surface area contributed by atoms with Crippen LogP contribution in [0.3, 0.4) is 0 Å². The maximum Gasteiger partial charge on any atom is 0.182 e. The molecule has 2 aromatic rings. The van der Waals surface area contributed by atoms with Crippen LogP contribution in [0.15, 0.2) is 48.5 Å². The van der Waals surface area contributed by atoms with Crippen LogP contribution in [0.25, 0.3) is 0 Å². The Kier molecular flexibility index (Phi) is 4.26.